The maximum atomic E-state index is 12.4. The van der Waals surface area contributed by atoms with Crippen LogP contribution in [0.3, 0.4) is 0 Å². The molecule has 1 saturated heterocycles. The molecule has 3 rings (SSSR count). The molecule has 0 bridgehead atoms. The van der Waals surface area contributed by atoms with Gasteiger partial charge in [-0.2, -0.15) is 11.3 Å². The van der Waals surface area contributed by atoms with Crippen LogP contribution in [0.5, 0.6) is 0 Å². The van der Waals surface area contributed by atoms with Crippen LogP contribution in [0, 0.1) is 0 Å². The van der Waals surface area contributed by atoms with Gasteiger partial charge in [-0.05, 0) is 42.7 Å². The Labute approximate surface area is 181 Å². The van der Waals surface area contributed by atoms with Crippen molar-refractivity contribution < 1.29 is 14.4 Å². The van der Waals surface area contributed by atoms with E-state index >= 15 is 0 Å². The Kier molecular flexibility index (Phi) is 8.44. The first-order valence-corrected chi connectivity index (χ1v) is 11.5. The summed E-state index contributed by atoms with van der Waals surface area (Å²) in [4.78, 5) is 38.3. The van der Waals surface area contributed by atoms with Gasteiger partial charge in [-0.25, -0.2) is 0 Å². The van der Waals surface area contributed by atoms with E-state index in [4.69, 9.17) is 0 Å². The predicted octanol–water partition coefficient (Wildman–Crippen LogP) is 3.00. The van der Waals surface area contributed by atoms with E-state index < -0.39 is 0 Å². The highest BCUT2D eigenvalue weighted by Gasteiger charge is 2.23. The second kappa shape index (κ2) is 11.5. The van der Waals surface area contributed by atoms with Gasteiger partial charge >= 0.3 is 0 Å². The molecule has 0 aliphatic carbocycles. The van der Waals surface area contributed by atoms with Crippen molar-refractivity contribution in [3.05, 3.63) is 58.3 Å². The lowest BCUT2D eigenvalue weighted by molar-refractivity contribution is -0.132. The number of hydrogen-bond donors (Lipinski definition) is 2. The van der Waals surface area contributed by atoms with Crippen LogP contribution in [0.15, 0.2) is 47.2 Å². The summed E-state index contributed by atoms with van der Waals surface area (Å²) in [6.45, 7) is 1.84. The second-order valence-corrected chi connectivity index (χ2v) is 8.36. The fraction of sp³-hybridized carbons (Fsp3) is 0.435. The number of nitrogens with zero attached hydrogens (tertiary/aromatic N) is 1. The largest absolute Gasteiger partial charge is 0.353 e. The molecule has 0 saturated carbocycles. The molecule has 160 valence electrons. The molecule has 1 aliphatic rings. The van der Waals surface area contributed by atoms with E-state index in [1.165, 1.54) is 16.9 Å². The first-order chi connectivity index (χ1) is 14.6. The van der Waals surface area contributed by atoms with E-state index in [-0.39, 0.29) is 23.8 Å². The Bertz CT molecular complexity index is 815. The summed E-state index contributed by atoms with van der Waals surface area (Å²) >= 11 is 1.49. The van der Waals surface area contributed by atoms with Crippen molar-refractivity contribution >= 4 is 29.1 Å². The summed E-state index contributed by atoms with van der Waals surface area (Å²) < 4.78 is 0. The number of rotatable bonds is 9. The van der Waals surface area contributed by atoms with Gasteiger partial charge in [0.25, 0.3) is 5.91 Å². The molecule has 1 fully saturated rings. The smallest absolute Gasteiger partial charge is 0.252 e. The third-order valence-corrected chi connectivity index (χ3v) is 6.02. The highest BCUT2D eigenvalue weighted by molar-refractivity contribution is 7.08. The van der Waals surface area contributed by atoms with E-state index in [2.05, 4.69) is 10.6 Å². The minimum atomic E-state index is -0.0903. The lowest BCUT2D eigenvalue weighted by Crippen LogP contribution is -2.46. The molecule has 0 unspecified atom stereocenters. The number of aryl methyl sites for hydroxylation is 1. The molecule has 1 aromatic carbocycles. The Balaban J connectivity index is 1.27. The zero-order chi connectivity index (χ0) is 21.2. The van der Waals surface area contributed by atoms with Crippen molar-refractivity contribution in [3.8, 4) is 0 Å². The molecule has 0 atom stereocenters. The highest BCUT2D eigenvalue weighted by atomic mass is 32.1. The molecule has 2 N–H and O–H groups in total. The lowest BCUT2D eigenvalue weighted by atomic mass is 10.0. The normalized spacial score (nSPS) is 14.3. The van der Waals surface area contributed by atoms with Crippen LogP contribution in [-0.2, 0) is 16.0 Å². The molecule has 6 nitrogen and oxygen atoms in total. The number of hydrogen-bond acceptors (Lipinski definition) is 4. The van der Waals surface area contributed by atoms with E-state index in [0.717, 1.165) is 19.3 Å². The van der Waals surface area contributed by atoms with Gasteiger partial charge in [-0.3, -0.25) is 14.4 Å². The molecular formula is C23H29N3O3S. The molecule has 7 heteroatoms. The van der Waals surface area contributed by atoms with Crippen LogP contribution >= 0.6 is 11.3 Å². The van der Waals surface area contributed by atoms with E-state index in [0.29, 0.717) is 44.5 Å². The van der Waals surface area contributed by atoms with Crippen LogP contribution in [0.4, 0.5) is 0 Å². The molecule has 0 spiro atoms. The van der Waals surface area contributed by atoms with E-state index in [1.54, 1.807) is 6.07 Å². The summed E-state index contributed by atoms with van der Waals surface area (Å²) in [5.74, 6) is 0.103. The first kappa shape index (κ1) is 22.0. The molecule has 3 amide bonds. The summed E-state index contributed by atoms with van der Waals surface area (Å²) in [7, 11) is 0. The van der Waals surface area contributed by atoms with Crippen molar-refractivity contribution in [2.75, 3.05) is 19.6 Å². The number of piperidine rings is 1. The first-order valence-electron chi connectivity index (χ1n) is 10.5. The van der Waals surface area contributed by atoms with Gasteiger partial charge in [-0.1, -0.05) is 30.3 Å². The zero-order valence-electron chi connectivity index (χ0n) is 17.1. The van der Waals surface area contributed by atoms with Crippen LogP contribution < -0.4 is 10.6 Å². The van der Waals surface area contributed by atoms with Gasteiger partial charge in [0.2, 0.25) is 11.8 Å². The minimum absolute atomic E-state index is 0.0741. The highest BCUT2D eigenvalue weighted by Crippen LogP contribution is 2.13. The van der Waals surface area contributed by atoms with Crippen molar-refractivity contribution in [2.24, 2.45) is 0 Å². The van der Waals surface area contributed by atoms with Crippen LogP contribution in [0.2, 0.25) is 0 Å². The zero-order valence-corrected chi connectivity index (χ0v) is 18.0. The maximum absolute atomic E-state index is 12.4. The summed E-state index contributed by atoms with van der Waals surface area (Å²) in [5, 5.41) is 9.63. The molecule has 30 heavy (non-hydrogen) atoms. The third kappa shape index (κ3) is 6.99. The number of carbonyl (C=O) groups excluding carboxylic acids is 3. The maximum Gasteiger partial charge on any atom is 0.252 e. The number of amides is 3. The predicted molar refractivity (Wildman–Crippen MR) is 118 cm³/mol. The number of nitrogens with one attached hydrogen (secondary N) is 2. The molecule has 2 heterocycles. The van der Waals surface area contributed by atoms with Crippen LogP contribution in [0.25, 0.3) is 0 Å². The monoisotopic (exact) mass is 427 g/mol. The van der Waals surface area contributed by atoms with Crippen molar-refractivity contribution in [3.63, 3.8) is 0 Å². The van der Waals surface area contributed by atoms with Gasteiger partial charge in [-0.15, -0.1) is 0 Å². The van der Waals surface area contributed by atoms with E-state index in [9.17, 15) is 14.4 Å². The van der Waals surface area contributed by atoms with Crippen LogP contribution in [0.1, 0.15) is 48.0 Å². The topological polar surface area (TPSA) is 78.5 Å². The third-order valence-electron chi connectivity index (χ3n) is 5.33. The number of benzene rings is 1. The summed E-state index contributed by atoms with van der Waals surface area (Å²) in [5.41, 5.74) is 1.83. The average Bonchev–Trinajstić information content (AvgIpc) is 3.31. The van der Waals surface area contributed by atoms with Gasteiger partial charge in [0.05, 0.1) is 0 Å². The SMILES string of the molecule is O=C(CCc1ccccc1)NC1CCN(C(=O)CCCNC(=O)c2ccsc2)CC1. The number of thiophene rings is 1. The lowest BCUT2D eigenvalue weighted by Gasteiger charge is -2.32. The average molecular weight is 428 g/mol. The Hall–Kier alpha value is -2.67. The van der Waals surface area contributed by atoms with Gasteiger partial charge in [0, 0.05) is 49.5 Å². The molecular weight excluding hydrogens is 398 g/mol. The van der Waals surface area contributed by atoms with Gasteiger partial charge in [0.15, 0.2) is 0 Å². The minimum Gasteiger partial charge on any atom is -0.353 e. The Morgan fingerprint density at radius 2 is 1.80 bits per heavy atom. The van der Waals surface area contributed by atoms with Crippen LogP contribution in [-0.4, -0.2) is 48.3 Å². The summed E-state index contributed by atoms with van der Waals surface area (Å²) in [6, 6.07) is 11.9. The van der Waals surface area contributed by atoms with Gasteiger partial charge in [0.1, 0.15) is 0 Å². The Morgan fingerprint density at radius 3 is 2.50 bits per heavy atom. The quantitative estimate of drug-likeness (QED) is 0.604. The van der Waals surface area contributed by atoms with Crippen molar-refractivity contribution in [1.29, 1.82) is 0 Å². The molecule has 0 radical (unpaired) electrons. The standard InChI is InChI=1S/C23H29N3O3S/c27-21(9-8-18-5-2-1-3-6-18)25-20-10-14-26(15-11-20)22(28)7-4-13-24-23(29)19-12-16-30-17-19/h1-3,5-6,12,16-17,20H,4,7-11,13-15H2,(H,24,29)(H,25,27). The van der Waals surface area contributed by atoms with Crippen molar-refractivity contribution in [1.82, 2.24) is 15.5 Å². The molecule has 1 aromatic heterocycles. The fourth-order valence-electron chi connectivity index (χ4n) is 3.57. The van der Waals surface area contributed by atoms with E-state index in [1.807, 2.05) is 46.0 Å². The second-order valence-electron chi connectivity index (χ2n) is 7.58. The fourth-order valence-corrected chi connectivity index (χ4v) is 4.21. The Morgan fingerprint density at radius 1 is 1.03 bits per heavy atom. The summed E-state index contributed by atoms with van der Waals surface area (Å²) in [6.07, 6.45) is 3.87. The molecule has 2 aromatic rings. The van der Waals surface area contributed by atoms with Gasteiger partial charge < -0.3 is 15.5 Å². The number of likely N-dealkylation sites (tertiary alicyclic amines) is 1. The molecule has 1 aliphatic heterocycles. The number of carbonyl (C=O) groups is 3. The van der Waals surface area contributed by atoms with Crippen molar-refractivity contribution in [2.45, 2.75) is 44.6 Å².